The van der Waals surface area contributed by atoms with Gasteiger partial charge in [0, 0.05) is 12.1 Å². The number of likely N-dealkylation sites (tertiary alicyclic amines) is 1. The number of carbonyl (C=O) groups is 3. The van der Waals surface area contributed by atoms with Crippen LogP contribution in [-0.2, 0) is 19.1 Å². The fourth-order valence-corrected chi connectivity index (χ4v) is 2.79. The first-order valence-electron chi connectivity index (χ1n) is 8.59. The zero-order valence-corrected chi connectivity index (χ0v) is 15.6. The molecule has 1 heterocycles. The summed E-state index contributed by atoms with van der Waals surface area (Å²) in [5.41, 5.74) is -0.302. The van der Waals surface area contributed by atoms with Crippen LogP contribution in [0.15, 0.2) is 0 Å². The van der Waals surface area contributed by atoms with Crippen LogP contribution in [0.5, 0.6) is 0 Å². The Hall–Kier alpha value is -1.63. The molecular formula is C17H31N3O4. The Labute approximate surface area is 144 Å². The molecule has 0 aliphatic carbocycles. The lowest BCUT2D eigenvalue weighted by atomic mass is 10.0. The molecule has 0 radical (unpaired) electrons. The van der Waals surface area contributed by atoms with Crippen molar-refractivity contribution in [2.45, 2.75) is 58.5 Å². The number of ether oxygens (including phenoxy) is 1. The van der Waals surface area contributed by atoms with Crippen molar-refractivity contribution in [2.75, 3.05) is 33.3 Å². The van der Waals surface area contributed by atoms with Crippen molar-refractivity contribution in [2.24, 2.45) is 0 Å². The van der Waals surface area contributed by atoms with Crippen LogP contribution in [0.3, 0.4) is 0 Å². The largest absolute Gasteiger partial charge is 0.464 e. The molecule has 1 saturated heterocycles. The summed E-state index contributed by atoms with van der Waals surface area (Å²) in [6.07, 6.45) is 2.44. The normalized spacial score (nSPS) is 18.4. The third-order valence-corrected chi connectivity index (χ3v) is 3.71. The average Bonchev–Trinajstić information content (AvgIpc) is 2.45. The van der Waals surface area contributed by atoms with Crippen LogP contribution < -0.4 is 5.32 Å². The molecule has 7 heteroatoms. The van der Waals surface area contributed by atoms with Gasteiger partial charge in [0.25, 0.3) is 0 Å². The quantitative estimate of drug-likeness (QED) is 0.722. The van der Waals surface area contributed by atoms with Gasteiger partial charge in [0.1, 0.15) is 6.04 Å². The van der Waals surface area contributed by atoms with Gasteiger partial charge < -0.3 is 15.0 Å². The van der Waals surface area contributed by atoms with Crippen LogP contribution in [0.25, 0.3) is 0 Å². The molecule has 1 rings (SSSR count). The number of piperidine rings is 1. The third kappa shape index (κ3) is 6.86. The van der Waals surface area contributed by atoms with Gasteiger partial charge in [-0.3, -0.25) is 14.5 Å². The molecule has 0 aromatic heterocycles. The van der Waals surface area contributed by atoms with E-state index >= 15 is 0 Å². The number of likely N-dealkylation sites (N-methyl/N-ethyl adjacent to an activating group) is 1. The second-order valence-corrected chi connectivity index (χ2v) is 7.32. The molecule has 2 amide bonds. The number of rotatable bonds is 6. The number of esters is 1. The van der Waals surface area contributed by atoms with E-state index in [1.807, 2.05) is 20.8 Å². The summed E-state index contributed by atoms with van der Waals surface area (Å²) < 4.78 is 5.08. The Bertz CT molecular complexity index is 459. The highest BCUT2D eigenvalue weighted by Gasteiger charge is 2.33. The fraction of sp³-hybridized carbons (Fsp3) is 0.824. The molecule has 1 aliphatic rings. The van der Waals surface area contributed by atoms with Crippen LogP contribution in [-0.4, -0.2) is 72.5 Å². The molecule has 138 valence electrons. The predicted molar refractivity (Wildman–Crippen MR) is 91.4 cm³/mol. The Morgan fingerprint density at radius 1 is 1.21 bits per heavy atom. The van der Waals surface area contributed by atoms with E-state index in [1.165, 1.54) is 0 Å². The summed E-state index contributed by atoms with van der Waals surface area (Å²) in [4.78, 5) is 39.8. The average molecular weight is 341 g/mol. The van der Waals surface area contributed by atoms with Crippen LogP contribution in [0.1, 0.15) is 47.0 Å². The minimum Gasteiger partial charge on any atom is -0.464 e. The monoisotopic (exact) mass is 341 g/mol. The van der Waals surface area contributed by atoms with E-state index < -0.39 is 6.04 Å². The molecule has 0 aromatic rings. The fourth-order valence-electron chi connectivity index (χ4n) is 2.79. The third-order valence-electron chi connectivity index (χ3n) is 3.71. The SMILES string of the molecule is CCOC(=O)[C@@H]1CCCCN1C(=O)CN(C)CC(=O)NC(C)(C)C. The summed E-state index contributed by atoms with van der Waals surface area (Å²) in [5, 5.41) is 2.87. The Morgan fingerprint density at radius 2 is 1.88 bits per heavy atom. The summed E-state index contributed by atoms with van der Waals surface area (Å²) in [6.45, 7) is 8.60. The predicted octanol–water partition coefficient (Wildman–Crippen LogP) is 0.777. The van der Waals surface area contributed by atoms with Gasteiger partial charge in [0.05, 0.1) is 19.7 Å². The smallest absolute Gasteiger partial charge is 0.328 e. The van der Waals surface area contributed by atoms with Gasteiger partial charge in [-0.15, -0.1) is 0 Å². The number of carbonyl (C=O) groups excluding carboxylic acids is 3. The van der Waals surface area contributed by atoms with Crippen LogP contribution >= 0.6 is 0 Å². The lowest BCUT2D eigenvalue weighted by Gasteiger charge is -2.35. The van der Waals surface area contributed by atoms with Gasteiger partial charge in [0.2, 0.25) is 11.8 Å². The van der Waals surface area contributed by atoms with Crippen LogP contribution in [0.4, 0.5) is 0 Å². The highest BCUT2D eigenvalue weighted by Crippen LogP contribution is 2.18. The number of nitrogens with one attached hydrogen (secondary N) is 1. The highest BCUT2D eigenvalue weighted by molar-refractivity contribution is 5.86. The molecule has 1 atom stereocenters. The van der Waals surface area contributed by atoms with E-state index in [4.69, 9.17) is 4.74 Å². The summed E-state index contributed by atoms with van der Waals surface area (Å²) >= 11 is 0. The van der Waals surface area contributed by atoms with E-state index in [9.17, 15) is 14.4 Å². The maximum Gasteiger partial charge on any atom is 0.328 e. The summed E-state index contributed by atoms with van der Waals surface area (Å²) in [5.74, 6) is -0.601. The van der Waals surface area contributed by atoms with Gasteiger partial charge in [-0.2, -0.15) is 0 Å². The molecule has 1 aliphatic heterocycles. The summed E-state index contributed by atoms with van der Waals surface area (Å²) in [6, 6.07) is -0.497. The van der Waals surface area contributed by atoms with Gasteiger partial charge in [-0.1, -0.05) is 0 Å². The zero-order chi connectivity index (χ0) is 18.3. The lowest BCUT2D eigenvalue weighted by molar-refractivity contribution is -0.157. The van der Waals surface area contributed by atoms with Crippen molar-refractivity contribution < 1.29 is 19.1 Å². The van der Waals surface area contributed by atoms with Crippen molar-refractivity contribution in [3.05, 3.63) is 0 Å². The maximum absolute atomic E-state index is 12.5. The second-order valence-electron chi connectivity index (χ2n) is 7.32. The zero-order valence-electron chi connectivity index (χ0n) is 15.6. The van der Waals surface area contributed by atoms with Crippen molar-refractivity contribution in [1.82, 2.24) is 15.1 Å². The minimum atomic E-state index is -0.497. The van der Waals surface area contributed by atoms with Crippen molar-refractivity contribution in [1.29, 1.82) is 0 Å². The van der Waals surface area contributed by atoms with E-state index in [2.05, 4.69) is 5.32 Å². The molecule has 24 heavy (non-hydrogen) atoms. The van der Waals surface area contributed by atoms with Crippen molar-refractivity contribution in [3.8, 4) is 0 Å². The second kappa shape index (κ2) is 9.01. The lowest BCUT2D eigenvalue weighted by Crippen LogP contribution is -2.52. The molecule has 1 N–H and O–H groups in total. The van der Waals surface area contributed by atoms with Crippen molar-refractivity contribution >= 4 is 17.8 Å². The van der Waals surface area contributed by atoms with Crippen molar-refractivity contribution in [3.63, 3.8) is 0 Å². The first-order chi connectivity index (χ1) is 11.1. The molecule has 0 spiro atoms. The molecule has 0 bridgehead atoms. The Kier molecular flexibility index (Phi) is 7.66. The Balaban J connectivity index is 2.57. The highest BCUT2D eigenvalue weighted by atomic mass is 16.5. The Morgan fingerprint density at radius 3 is 2.46 bits per heavy atom. The van der Waals surface area contributed by atoms with E-state index in [-0.39, 0.29) is 36.4 Å². The minimum absolute atomic E-state index is 0.105. The van der Waals surface area contributed by atoms with Gasteiger partial charge >= 0.3 is 5.97 Å². The topological polar surface area (TPSA) is 79.0 Å². The van der Waals surface area contributed by atoms with E-state index in [0.29, 0.717) is 19.6 Å². The van der Waals surface area contributed by atoms with Gasteiger partial charge in [-0.25, -0.2) is 4.79 Å². The summed E-state index contributed by atoms with van der Waals surface area (Å²) in [7, 11) is 1.73. The number of hydrogen-bond acceptors (Lipinski definition) is 5. The van der Waals surface area contributed by atoms with E-state index in [0.717, 1.165) is 12.8 Å². The molecular weight excluding hydrogens is 310 g/mol. The maximum atomic E-state index is 12.5. The standard InChI is InChI=1S/C17H31N3O4/c1-6-24-16(23)13-9-7-8-10-20(13)15(22)12-19(5)11-14(21)18-17(2,3)4/h13H,6-12H2,1-5H3,(H,18,21)/t13-/m0/s1. The molecule has 1 fully saturated rings. The molecule has 0 saturated carbocycles. The first kappa shape index (κ1) is 20.4. The van der Waals surface area contributed by atoms with Gasteiger partial charge in [-0.05, 0) is 54.0 Å². The molecule has 0 unspecified atom stereocenters. The number of amides is 2. The van der Waals surface area contributed by atoms with Crippen LogP contribution in [0.2, 0.25) is 0 Å². The van der Waals surface area contributed by atoms with Gasteiger partial charge in [0.15, 0.2) is 0 Å². The molecule has 7 nitrogen and oxygen atoms in total. The first-order valence-corrected chi connectivity index (χ1v) is 8.59. The number of nitrogens with zero attached hydrogens (tertiary/aromatic N) is 2. The van der Waals surface area contributed by atoms with E-state index in [1.54, 1.807) is 23.8 Å². The molecule has 0 aromatic carbocycles. The van der Waals surface area contributed by atoms with Crippen LogP contribution in [0, 0.1) is 0 Å². The number of hydrogen-bond donors (Lipinski definition) is 1.